The van der Waals surface area contributed by atoms with Gasteiger partial charge in [-0.15, -0.1) is 5.10 Å². The maximum absolute atomic E-state index is 5.70. The third-order valence-corrected chi connectivity index (χ3v) is 5.07. The van der Waals surface area contributed by atoms with Crippen LogP contribution in [0, 0.1) is 6.92 Å². The number of nitrogens with zero attached hydrogens (tertiary/aromatic N) is 6. The molecule has 4 rings (SSSR count). The van der Waals surface area contributed by atoms with Gasteiger partial charge >= 0.3 is 0 Å². The average molecular weight is 434 g/mol. The summed E-state index contributed by atoms with van der Waals surface area (Å²) < 4.78 is 13.1. The van der Waals surface area contributed by atoms with Gasteiger partial charge in [0.25, 0.3) is 0 Å². The summed E-state index contributed by atoms with van der Waals surface area (Å²) in [6.45, 7) is 9.12. The Kier molecular flexibility index (Phi) is 6.16. The maximum Gasteiger partial charge on any atom is 0.242 e. The van der Waals surface area contributed by atoms with Crippen molar-refractivity contribution in [3.05, 3.63) is 47.9 Å². The van der Waals surface area contributed by atoms with E-state index in [0.717, 1.165) is 39.2 Å². The molecule has 0 unspecified atom stereocenters. The highest BCUT2D eigenvalue weighted by Crippen LogP contribution is 2.34. The van der Waals surface area contributed by atoms with Crippen molar-refractivity contribution in [3.8, 4) is 23.0 Å². The summed E-state index contributed by atoms with van der Waals surface area (Å²) in [4.78, 5) is 9.23. The normalized spacial score (nSPS) is 11.2. The molecular weight excluding hydrogens is 406 g/mol. The smallest absolute Gasteiger partial charge is 0.242 e. The SMILES string of the molecule is CCOc1nnccc1-c1cc(NCc2cccnc2OC)c2c(n1)c(C)nn2C(C)C. The van der Waals surface area contributed by atoms with Crippen molar-refractivity contribution in [1.29, 1.82) is 0 Å². The molecule has 0 amide bonds. The van der Waals surface area contributed by atoms with Gasteiger partial charge in [0.15, 0.2) is 0 Å². The molecule has 0 saturated carbocycles. The minimum atomic E-state index is 0.175. The van der Waals surface area contributed by atoms with Gasteiger partial charge in [-0.1, -0.05) is 6.07 Å². The van der Waals surface area contributed by atoms with Crippen LogP contribution in [0.2, 0.25) is 0 Å². The number of aromatic nitrogens is 6. The summed E-state index contributed by atoms with van der Waals surface area (Å²) in [6.07, 6.45) is 3.36. The van der Waals surface area contributed by atoms with Gasteiger partial charge in [0.2, 0.25) is 11.8 Å². The quantitative estimate of drug-likeness (QED) is 0.441. The lowest BCUT2D eigenvalue weighted by Gasteiger charge is -2.15. The minimum Gasteiger partial charge on any atom is -0.481 e. The van der Waals surface area contributed by atoms with Crippen LogP contribution in [0.25, 0.3) is 22.3 Å². The molecule has 0 saturated heterocycles. The Balaban J connectivity index is 1.86. The van der Waals surface area contributed by atoms with Crippen LogP contribution in [-0.4, -0.2) is 43.7 Å². The van der Waals surface area contributed by atoms with Gasteiger partial charge in [-0.3, -0.25) is 4.68 Å². The number of fused-ring (bicyclic) bond motifs is 1. The number of nitrogens with one attached hydrogen (secondary N) is 1. The Labute approximate surface area is 186 Å². The molecule has 9 heteroatoms. The van der Waals surface area contributed by atoms with Gasteiger partial charge < -0.3 is 14.8 Å². The topological polar surface area (TPSA) is 99.9 Å². The highest BCUT2D eigenvalue weighted by atomic mass is 16.5. The van der Waals surface area contributed by atoms with E-state index in [1.165, 1.54) is 0 Å². The Morgan fingerprint density at radius 1 is 1.16 bits per heavy atom. The molecular formula is C23H27N7O2. The van der Waals surface area contributed by atoms with Crippen molar-refractivity contribution in [2.75, 3.05) is 19.0 Å². The second kappa shape index (κ2) is 9.17. The number of hydrogen-bond acceptors (Lipinski definition) is 8. The summed E-state index contributed by atoms with van der Waals surface area (Å²) in [5.41, 5.74) is 6.02. The fourth-order valence-corrected chi connectivity index (χ4v) is 3.62. The fraction of sp³-hybridized carbons (Fsp3) is 0.348. The van der Waals surface area contributed by atoms with Crippen molar-refractivity contribution in [2.24, 2.45) is 0 Å². The summed E-state index contributed by atoms with van der Waals surface area (Å²) >= 11 is 0. The average Bonchev–Trinajstić information content (AvgIpc) is 3.15. The third-order valence-electron chi connectivity index (χ3n) is 5.07. The van der Waals surface area contributed by atoms with Gasteiger partial charge in [-0.2, -0.15) is 10.2 Å². The first-order valence-electron chi connectivity index (χ1n) is 10.6. The summed E-state index contributed by atoms with van der Waals surface area (Å²) in [7, 11) is 1.62. The molecule has 9 nitrogen and oxygen atoms in total. The lowest BCUT2D eigenvalue weighted by atomic mass is 10.1. The molecule has 32 heavy (non-hydrogen) atoms. The molecule has 0 aliphatic heterocycles. The van der Waals surface area contributed by atoms with Gasteiger partial charge in [-0.05, 0) is 45.9 Å². The highest BCUT2D eigenvalue weighted by Gasteiger charge is 2.20. The molecule has 0 bridgehead atoms. The summed E-state index contributed by atoms with van der Waals surface area (Å²) in [5.74, 6) is 1.05. The molecule has 166 valence electrons. The number of hydrogen-bond donors (Lipinski definition) is 1. The van der Waals surface area contributed by atoms with E-state index in [0.29, 0.717) is 24.9 Å². The van der Waals surface area contributed by atoms with Crippen molar-refractivity contribution in [1.82, 2.24) is 29.9 Å². The van der Waals surface area contributed by atoms with Gasteiger partial charge in [0.1, 0.15) is 11.0 Å². The fourth-order valence-electron chi connectivity index (χ4n) is 3.62. The first kappa shape index (κ1) is 21.5. The number of methoxy groups -OCH3 is 1. The number of ether oxygens (including phenoxy) is 2. The zero-order valence-electron chi connectivity index (χ0n) is 19.0. The van der Waals surface area contributed by atoms with E-state index in [4.69, 9.17) is 19.6 Å². The number of rotatable bonds is 8. The van der Waals surface area contributed by atoms with Crippen molar-refractivity contribution >= 4 is 16.7 Å². The van der Waals surface area contributed by atoms with E-state index in [1.54, 1.807) is 19.5 Å². The lowest BCUT2D eigenvalue weighted by molar-refractivity contribution is 0.324. The van der Waals surface area contributed by atoms with E-state index in [-0.39, 0.29) is 6.04 Å². The van der Waals surface area contributed by atoms with Crippen LogP contribution in [0.15, 0.2) is 36.7 Å². The van der Waals surface area contributed by atoms with Crippen molar-refractivity contribution in [3.63, 3.8) is 0 Å². The molecule has 0 fully saturated rings. The van der Waals surface area contributed by atoms with Gasteiger partial charge in [0.05, 0.1) is 42.6 Å². The molecule has 0 aliphatic carbocycles. The van der Waals surface area contributed by atoms with Crippen LogP contribution >= 0.6 is 0 Å². The van der Waals surface area contributed by atoms with Crippen molar-refractivity contribution in [2.45, 2.75) is 40.3 Å². The van der Waals surface area contributed by atoms with Crippen LogP contribution in [0.4, 0.5) is 5.69 Å². The van der Waals surface area contributed by atoms with Crippen LogP contribution in [0.3, 0.4) is 0 Å². The number of aryl methyl sites for hydroxylation is 1. The molecule has 1 N–H and O–H groups in total. The first-order valence-corrected chi connectivity index (χ1v) is 10.6. The molecule has 4 aromatic heterocycles. The Bertz CT molecular complexity index is 1240. The first-order chi connectivity index (χ1) is 15.5. The lowest BCUT2D eigenvalue weighted by Crippen LogP contribution is -2.08. The largest absolute Gasteiger partial charge is 0.481 e. The van der Waals surface area contributed by atoms with Gasteiger partial charge in [-0.25, -0.2) is 9.97 Å². The molecule has 0 aromatic carbocycles. The van der Waals surface area contributed by atoms with E-state index in [2.05, 4.69) is 34.3 Å². The van der Waals surface area contributed by atoms with Gasteiger partial charge in [0, 0.05) is 24.3 Å². The summed E-state index contributed by atoms with van der Waals surface area (Å²) in [6, 6.07) is 7.93. The second-order valence-corrected chi connectivity index (χ2v) is 7.58. The molecule has 0 aliphatic rings. The van der Waals surface area contributed by atoms with E-state index in [1.807, 2.05) is 42.8 Å². The van der Waals surface area contributed by atoms with Crippen LogP contribution in [0.5, 0.6) is 11.8 Å². The predicted molar refractivity (Wildman–Crippen MR) is 123 cm³/mol. The number of anilines is 1. The Hall–Kier alpha value is -3.75. The standard InChI is InChI=1S/C23H27N7O2/c1-6-32-23-17(9-11-26-28-23)18-12-19(25-13-16-8-7-10-24-22(16)31-5)21-20(27-18)15(4)29-30(21)14(2)3/h7-12,14H,6,13H2,1-5H3,(H,25,27). The Morgan fingerprint density at radius 2 is 2.00 bits per heavy atom. The third kappa shape index (κ3) is 4.05. The monoisotopic (exact) mass is 433 g/mol. The van der Waals surface area contributed by atoms with E-state index >= 15 is 0 Å². The number of pyridine rings is 2. The zero-order valence-corrected chi connectivity index (χ0v) is 19.0. The molecule has 4 aromatic rings. The van der Waals surface area contributed by atoms with Crippen LogP contribution in [-0.2, 0) is 6.54 Å². The molecule has 0 spiro atoms. The second-order valence-electron chi connectivity index (χ2n) is 7.58. The molecule has 0 atom stereocenters. The zero-order chi connectivity index (χ0) is 22.7. The van der Waals surface area contributed by atoms with Crippen LogP contribution in [0.1, 0.15) is 38.1 Å². The Morgan fingerprint density at radius 3 is 2.75 bits per heavy atom. The van der Waals surface area contributed by atoms with E-state index in [9.17, 15) is 0 Å². The highest BCUT2D eigenvalue weighted by molar-refractivity contribution is 5.93. The van der Waals surface area contributed by atoms with E-state index < -0.39 is 0 Å². The molecule has 0 radical (unpaired) electrons. The van der Waals surface area contributed by atoms with Crippen molar-refractivity contribution < 1.29 is 9.47 Å². The molecule has 4 heterocycles. The summed E-state index contributed by atoms with van der Waals surface area (Å²) in [5, 5.41) is 16.4. The predicted octanol–water partition coefficient (Wildman–Crippen LogP) is 4.19. The maximum atomic E-state index is 5.70. The van der Waals surface area contributed by atoms with Crippen LogP contribution < -0.4 is 14.8 Å². The minimum absolute atomic E-state index is 0.175.